The first-order valence-electron chi connectivity index (χ1n) is 9.31. The minimum Gasteiger partial charge on any atom is -0.492 e. The first-order valence-corrected chi connectivity index (χ1v) is 9.31. The summed E-state index contributed by atoms with van der Waals surface area (Å²) < 4.78 is 12.4. The molecule has 0 aliphatic heterocycles. The minimum absolute atomic E-state index is 0.198. The highest BCUT2D eigenvalue weighted by Gasteiger charge is 2.23. The number of pyridine rings is 1. The van der Waals surface area contributed by atoms with Crippen molar-refractivity contribution < 1.29 is 24.5 Å². The molecule has 0 spiro atoms. The fourth-order valence-corrected chi connectivity index (χ4v) is 2.75. The van der Waals surface area contributed by atoms with Crippen molar-refractivity contribution in [3.63, 3.8) is 0 Å². The summed E-state index contributed by atoms with van der Waals surface area (Å²) in [7, 11) is 1.55. The van der Waals surface area contributed by atoms with Gasteiger partial charge < -0.3 is 25.0 Å². The van der Waals surface area contributed by atoms with E-state index in [1.165, 1.54) is 0 Å². The van der Waals surface area contributed by atoms with E-state index in [1.54, 1.807) is 50.0 Å². The van der Waals surface area contributed by atoms with E-state index in [4.69, 9.17) is 14.6 Å². The molecule has 0 aliphatic rings. The molecular formula is C21H24N4O5. The largest absolute Gasteiger partial charge is 0.492 e. The first-order chi connectivity index (χ1) is 14.3. The van der Waals surface area contributed by atoms with Gasteiger partial charge in [0.05, 0.1) is 36.9 Å². The molecular weight excluding hydrogens is 388 g/mol. The van der Waals surface area contributed by atoms with Crippen LogP contribution in [0, 0.1) is 0 Å². The van der Waals surface area contributed by atoms with E-state index in [0.29, 0.717) is 17.3 Å². The third-order valence-electron chi connectivity index (χ3n) is 4.31. The molecule has 0 radical (unpaired) electrons. The standard InChI is InChI=1S/C21H24N4O5/c1-21(2,28)18-12-17(25(24-18)15-6-9-19(29-3)23-13-15)14-4-7-16(8-5-14)30-11-10-22-20(26)27/h4-9,12-13,22,28H,10-11H2,1-3H3,(H,26,27). The number of amides is 1. The number of aliphatic hydroxyl groups is 1. The highest BCUT2D eigenvalue weighted by Crippen LogP contribution is 2.29. The average Bonchev–Trinajstić information content (AvgIpc) is 3.17. The number of methoxy groups -OCH3 is 1. The summed E-state index contributed by atoms with van der Waals surface area (Å²) in [6, 6.07) is 12.7. The number of hydrogen-bond acceptors (Lipinski definition) is 6. The highest BCUT2D eigenvalue weighted by atomic mass is 16.5. The lowest BCUT2D eigenvalue weighted by Crippen LogP contribution is -2.26. The summed E-state index contributed by atoms with van der Waals surface area (Å²) in [5, 5.41) is 25.8. The van der Waals surface area contributed by atoms with Crippen LogP contribution in [-0.2, 0) is 5.60 Å². The van der Waals surface area contributed by atoms with Gasteiger partial charge in [0.1, 0.15) is 18.0 Å². The quantitative estimate of drug-likeness (QED) is 0.487. The lowest BCUT2D eigenvalue weighted by Gasteiger charge is -2.13. The Labute approximate surface area is 173 Å². The molecule has 158 valence electrons. The summed E-state index contributed by atoms with van der Waals surface area (Å²) in [5.74, 6) is 1.11. The SMILES string of the molecule is COc1ccc(-n2nc(C(C)(C)O)cc2-c2ccc(OCCNC(=O)O)cc2)cn1. The topological polar surface area (TPSA) is 119 Å². The molecule has 1 aromatic carbocycles. The van der Waals surface area contributed by atoms with Crippen LogP contribution in [0.2, 0.25) is 0 Å². The van der Waals surface area contributed by atoms with Gasteiger partial charge in [-0.05, 0) is 50.2 Å². The van der Waals surface area contributed by atoms with Crippen LogP contribution >= 0.6 is 0 Å². The third-order valence-corrected chi connectivity index (χ3v) is 4.31. The number of carbonyl (C=O) groups is 1. The summed E-state index contributed by atoms with van der Waals surface area (Å²) in [6.07, 6.45) is 0.564. The Hall–Kier alpha value is -3.59. The van der Waals surface area contributed by atoms with Crippen molar-refractivity contribution in [1.82, 2.24) is 20.1 Å². The maximum Gasteiger partial charge on any atom is 0.404 e. The second-order valence-electron chi connectivity index (χ2n) is 7.05. The lowest BCUT2D eigenvalue weighted by molar-refractivity contribution is 0.0734. The first kappa shape index (κ1) is 21.1. The van der Waals surface area contributed by atoms with Crippen LogP contribution in [0.5, 0.6) is 11.6 Å². The summed E-state index contributed by atoms with van der Waals surface area (Å²) in [4.78, 5) is 14.7. The number of nitrogens with zero attached hydrogens (tertiary/aromatic N) is 3. The zero-order chi connectivity index (χ0) is 21.7. The Bertz CT molecular complexity index is 992. The molecule has 0 aliphatic carbocycles. The molecule has 9 heteroatoms. The van der Waals surface area contributed by atoms with Crippen molar-refractivity contribution in [3.8, 4) is 28.6 Å². The smallest absolute Gasteiger partial charge is 0.404 e. The molecule has 3 aromatic rings. The van der Waals surface area contributed by atoms with Crippen LogP contribution in [-0.4, -0.2) is 51.3 Å². The molecule has 3 rings (SSSR count). The Morgan fingerprint density at radius 2 is 1.93 bits per heavy atom. The van der Waals surface area contributed by atoms with Crippen LogP contribution in [0.4, 0.5) is 4.79 Å². The van der Waals surface area contributed by atoms with Gasteiger partial charge in [0.2, 0.25) is 5.88 Å². The molecule has 0 bridgehead atoms. The molecule has 0 saturated heterocycles. The average molecular weight is 412 g/mol. The second-order valence-corrected chi connectivity index (χ2v) is 7.05. The van der Waals surface area contributed by atoms with Gasteiger partial charge in [0.25, 0.3) is 0 Å². The fourth-order valence-electron chi connectivity index (χ4n) is 2.75. The molecule has 0 unspecified atom stereocenters. The van der Waals surface area contributed by atoms with E-state index in [1.807, 2.05) is 24.3 Å². The van der Waals surface area contributed by atoms with Gasteiger partial charge in [-0.25, -0.2) is 14.5 Å². The van der Waals surface area contributed by atoms with Crippen LogP contribution < -0.4 is 14.8 Å². The van der Waals surface area contributed by atoms with Crippen molar-refractivity contribution in [2.45, 2.75) is 19.4 Å². The van der Waals surface area contributed by atoms with Crippen molar-refractivity contribution in [3.05, 3.63) is 54.4 Å². The van der Waals surface area contributed by atoms with E-state index >= 15 is 0 Å². The second kappa shape index (κ2) is 8.83. The predicted molar refractivity (Wildman–Crippen MR) is 110 cm³/mol. The summed E-state index contributed by atoms with van der Waals surface area (Å²) >= 11 is 0. The molecule has 1 amide bonds. The van der Waals surface area contributed by atoms with E-state index in [0.717, 1.165) is 16.9 Å². The molecule has 30 heavy (non-hydrogen) atoms. The maximum atomic E-state index is 10.5. The fraction of sp³-hybridized carbons (Fsp3) is 0.286. The van der Waals surface area contributed by atoms with Gasteiger partial charge in [-0.1, -0.05) is 0 Å². The third kappa shape index (κ3) is 5.06. The van der Waals surface area contributed by atoms with Gasteiger partial charge in [-0.15, -0.1) is 0 Å². The number of hydrogen-bond donors (Lipinski definition) is 3. The minimum atomic E-state index is -1.11. The predicted octanol–water partition coefficient (Wildman–Crippen LogP) is 2.82. The number of nitrogens with one attached hydrogen (secondary N) is 1. The van der Waals surface area contributed by atoms with Gasteiger partial charge in [-0.2, -0.15) is 5.10 Å². The van der Waals surface area contributed by atoms with Crippen LogP contribution in [0.15, 0.2) is 48.7 Å². The molecule has 2 heterocycles. The Balaban J connectivity index is 1.88. The lowest BCUT2D eigenvalue weighted by atomic mass is 10.0. The van der Waals surface area contributed by atoms with Gasteiger partial charge in [0.15, 0.2) is 0 Å². The summed E-state index contributed by atoms with van der Waals surface area (Å²) in [6.45, 7) is 3.78. The Morgan fingerprint density at radius 1 is 1.20 bits per heavy atom. The molecule has 3 N–H and O–H groups in total. The van der Waals surface area contributed by atoms with Crippen molar-refractivity contribution in [1.29, 1.82) is 0 Å². The zero-order valence-electron chi connectivity index (χ0n) is 17.0. The van der Waals surface area contributed by atoms with Gasteiger partial charge >= 0.3 is 6.09 Å². The van der Waals surface area contributed by atoms with E-state index in [9.17, 15) is 9.90 Å². The van der Waals surface area contributed by atoms with Crippen molar-refractivity contribution in [2.75, 3.05) is 20.3 Å². The van der Waals surface area contributed by atoms with Crippen LogP contribution in [0.25, 0.3) is 16.9 Å². The Morgan fingerprint density at radius 3 is 2.50 bits per heavy atom. The van der Waals surface area contributed by atoms with Crippen molar-refractivity contribution in [2.24, 2.45) is 0 Å². The Kier molecular flexibility index (Phi) is 6.22. The molecule has 0 saturated carbocycles. The normalized spacial score (nSPS) is 11.2. The summed E-state index contributed by atoms with van der Waals surface area (Å²) in [5.41, 5.74) is 1.78. The van der Waals surface area contributed by atoms with Gasteiger partial charge in [-0.3, -0.25) is 0 Å². The van der Waals surface area contributed by atoms with Crippen LogP contribution in [0.1, 0.15) is 19.5 Å². The number of rotatable bonds is 8. The molecule has 2 aromatic heterocycles. The van der Waals surface area contributed by atoms with Crippen molar-refractivity contribution >= 4 is 6.09 Å². The molecule has 0 fully saturated rings. The van der Waals surface area contributed by atoms with E-state index in [2.05, 4.69) is 15.4 Å². The number of ether oxygens (including phenoxy) is 2. The zero-order valence-corrected chi connectivity index (χ0v) is 17.0. The molecule has 9 nitrogen and oxygen atoms in total. The van der Waals surface area contributed by atoms with E-state index < -0.39 is 11.7 Å². The van der Waals surface area contributed by atoms with Gasteiger partial charge in [0, 0.05) is 11.6 Å². The van der Waals surface area contributed by atoms with E-state index in [-0.39, 0.29) is 13.2 Å². The van der Waals surface area contributed by atoms with Crippen LogP contribution in [0.3, 0.4) is 0 Å². The highest BCUT2D eigenvalue weighted by molar-refractivity contribution is 5.64. The number of benzene rings is 1. The maximum absolute atomic E-state index is 10.5. The number of carboxylic acid groups (broad SMARTS) is 1. The molecule has 0 atom stereocenters. The number of aromatic nitrogens is 3. The monoisotopic (exact) mass is 412 g/mol.